The first-order chi connectivity index (χ1) is 12.4. The lowest BCUT2D eigenvalue weighted by Gasteiger charge is -2.13. The van der Waals surface area contributed by atoms with Crippen molar-refractivity contribution in [2.45, 2.75) is 46.8 Å². The lowest BCUT2D eigenvalue weighted by molar-refractivity contribution is 0.115. The maximum Gasteiger partial charge on any atom is 0.407 e. The molecule has 2 heterocycles. The number of alkyl carbamates (subject to hydrolysis) is 1. The molecule has 0 unspecified atom stereocenters. The Morgan fingerprint density at radius 3 is 2.85 bits per heavy atom. The average Bonchev–Trinajstić information content (AvgIpc) is 2.96. The predicted octanol–water partition coefficient (Wildman–Crippen LogP) is 3.02. The Bertz CT molecular complexity index is 1020. The molecule has 138 valence electrons. The largest absolute Gasteiger partial charge is 0.447 e. The molecular formula is C19H24N4O3. The summed E-state index contributed by atoms with van der Waals surface area (Å²) >= 11 is 0. The van der Waals surface area contributed by atoms with Gasteiger partial charge < -0.3 is 14.6 Å². The van der Waals surface area contributed by atoms with Gasteiger partial charge in [0.25, 0.3) is 5.56 Å². The van der Waals surface area contributed by atoms with Gasteiger partial charge in [0, 0.05) is 24.2 Å². The van der Waals surface area contributed by atoms with E-state index in [-0.39, 0.29) is 11.7 Å². The number of hydrogen-bond acceptors (Lipinski definition) is 4. The zero-order valence-corrected chi connectivity index (χ0v) is 15.5. The number of carbonyl (C=O) groups excluding carboxylic acids is 1. The fourth-order valence-electron chi connectivity index (χ4n) is 3.11. The smallest absolute Gasteiger partial charge is 0.407 e. The van der Waals surface area contributed by atoms with Crippen LogP contribution in [0.2, 0.25) is 0 Å². The first-order valence-corrected chi connectivity index (χ1v) is 8.81. The van der Waals surface area contributed by atoms with Crippen LogP contribution in [0.3, 0.4) is 0 Å². The molecule has 2 aromatic heterocycles. The molecule has 0 aliphatic rings. The summed E-state index contributed by atoms with van der Waals surface area (Å²) in [4.78, 5) is 24.5. The monoisotopic (exact) mass is 356 g/mol. The van der Waals surface area contributed by atoms with Gasteiger partial charge in [0.15, 0.2) is 0 Å². The van der Waals surface area contributed by atoms with Gasteiger partial charge in [-0.2, -0.15) is 5.10 Å². The molecule has 7 heteroatoms. The van der Waals surface area contributed by atoms with Crippen LogP contribution in [0.15, 0.2) is 23.0 Å². The van der Waals surface area contributed by atoms with E-state index < -0.39 is 6.09 Å². The van der Waals surface area contributed by atoms with Crippen LogP contribution in [0, 0.1) is 13.8 Å². The van der Waals surface area contributed by atoms with Gasteiger partial charge in [-0.25, -0.2) is 4.79 Å². The molecule has 0 saturated heterocycles. The molecule has 1 amide bonds. The molecule has 0 fully saturated rings. The van der Waals surface area contributed by atoms with E-state index in [1.165, 1.54) is 0 Å². The minimum atomic E-state index is -0.436. The third-order valence-electron chi connectivity index (χ3n) is 4.27. The Kier molecular flexibility index (Phi) is 4.97. The summed E-state index contributed by atoms with van der Waals surface area (Å²) < 4.78 is 6.80. The third-order valence-corrected chi connectivity index (χ3v) is 4.27. The van der Waals surface area contributed by atoms with Crippen LogP contribution in [0.25, 0.3) is 21.8 Å². The lowest BCUT2D eigenvalue weighted by Crippen LogP contribution is -2.29. The van der Waals surface area contributed by atoms with Gasteiger partial charge in [-0.3, -0.25) is 9.89 Å². The highest BCUT2D eigenvalue weighted by Crippen LogP contribution is 2.24. The molecule has 7 nitrogen and oxygen atoms in total. The van der Waals surface area contributed by atoms with Crippen LogP contribution in [0.5, 0.6) is 0 Å². The highest BCUT2D eigenvalue weighted by atomic mass is 16.6. The number of rotatable bonds is 5. The second-order valence-corrected chi connectivity index (χ2v) is 6.78. The normalized spacial score (nSPS) is 11.4. The number of H-pyrrole nitrogens is 1. The standard InChI is InChI=1S/C19H24N4O3/c1-11(2)26-19(25)20-8-5-9-23-15-7-6-12(3)10-14(15)17-16(18(23)24)13(4)21-22-17/h6-7,10-11H,5,8-9H2,1-4H3,(H,20,25)(H,21,22). The third kappa shape index (κ3) is 3.42. The molecule has 1 aromatic carbocycles. The molecule has 0 radical (unpaired) electrons. The van der Waals surface area contributed by atoms with Crippen LogP contribution < -0.4 is 10.9 Å². The van der Waals surface area contributed by atoms with Crippen LogP contribution >= 0.6 is 0 Å². The summed E-state index contributed by atoms with van der Waals surface area (Å²) in [6.07, 6.45) is 0.0311. The average molecular weight is 356 g/mol. The fraction of sp³-hybridized carbons (Fsp3) is 0.421. The van der Waals surface area contributed by atoms with Crippen molar-refractivity contribution < 1.29 is 9.53 Å². The summed E-state index contributed by atoms with van der Waals surface area (Å²) in [6.45, 7) is 8.41. The van der Waals surface area contributed by atoms with Crippen molar-refractivity contribution in [2.75, 3.05) is 6.54 Å². The number of amides is 1. The Morgan fingerprint density at radius 1 is 1.35 bits per heavy atom. The van der Waals surface area contributed by atoms with Crippen molar-refractivity contribution in [3.05, 3.63) is 39.8 Å². The van der Waals surface area contributed by atoms with Crippen LogP contribution in [-0.2, 0) is 11.3 Å². The number of ether oxygens (including phenoxy) is 1. The highest BCUT2D eigenvalue weighted by molar-refractivity contribution is 6.04. The van der Waals surface area contributed by atoms with E-state index in [2.05, 4.69) is 15.5 Å². The number of hydrogen-bond donors (Lipinski definition) is 2. The van der Waals surface area contributed by atoms with Crippen LogP contribution in [0.1, 0.15) is 31.5 Å². The van der Waals surface area contributed by atoms with Gasteiger partial charge in [-0.1, -0.05) is 11.6 Å². The Hall–Kier alpha value is -2.83. The Morgan fingerprint density at radius 2 is 2.12 bits per heavy atom. The number of carbonyl (C=O) groups is 1. The zero-order chi connectivity index (χ0) is 18.8. The fourth-order valence-corrected chi connectivity index (χ4v) is 3.11. The summed E-state index contributed by atoms with van der Waals surface area (Å²) in [6, 6.07) is 5.99. The molecule has 3 aromatic rings. The van der Waals surface area contributed by atoms with E-state index in [0.717, 1.165) is 22.2 Å². The number of nitrogens with zero attached hydrogens (tertiary/aromatic N) is 2. The zero-order valence-electron chi connectivity index (χ0n) is 15.5. The second kappa shape index (κ2) is 7.19. The lowest BCUT2D eigenvalue weighted by atomic mass is 10.1. The van der Waals surface area contributed by atoms with Crippen molar-refractivity contribution in [1.29, 1.82) is 0 Å². The van der Waals surface area contributed by atoms with Gasteiger partial charge in [0.2, 0.25) is 0 Å². The minimum absolute atomic E-state index is 0.0626. The van der Waals surface area contributed by atoms with Crippen LogP contribution in [-0.4, -0.2) is 33.5 Å². The first-order valence-electron chi connectivity index (χ1n) is 8.81. The Balaban J connectivity index is 1.89. The molecule has 0 bridgehead atoms. The maximum absolute atomic E-state index is 13.0. The number of aryl methyl sites for hydroxylation is 3. The molecular weight excluding hydrogens is 332 g/mol. The van der Waals surface area contributed by atoms with Crippen molar-refractivity contribution in [2.24, 2.45) is 0 Å². The highest BCUT2D eigenvalue weighted by Gasteiger charge is 2.15. The maximum atomic E-state index is 13.0. The molecule has 2 N–H and O–H groups in total. The molecule has 0 aliphatic carbocycles. The molecule has 0 atom stereocenters. The summed E-state index contributed by atoms with van der Waals surface area (Å²) in [5.74, 6) is 0. The number of pyridine rings is 1. The van der Waals surface area contributed by atoms with Crippen molar-refractivity contribution in [3.8, 4) is 0 Å². The first kappa shape index (κ1) is 18.0. The molecule has 26 heavy (non-hydrogen) atoms. The van der Waals surface area contributed by atoms with Crippen molar-refractivity contribution in [3.63, 3.8) is 0 Å². The van der Waals surface area contributed by atoms with Gasteiger partial charge in [0.05, 0.1) is 17.0 Å². The predicted molar refractivity (Wildman–Crippen MR) is 102 cm³/mol. The van der Waals surface area contributed by atoms with Crippen molar-refractivity contribution in [1.82, 2.24) is 20.1 Å². The summed E-state index contributed by atoms with van der Waals surface area (Å²) in [5, 5.41) is 11.5. The van der Waals surface area contributed by atoms with Crippen molar-refractivity contribution >= 4 is 27.9 Å². The van der Waals surface area contributed by atoms with Gasteiger partial charge >= 0.3 is 6.09 Å². The minimum Gasteiger partial charge on any atom is -0.447 e. The van der Waals surface area contributed by atoms with E-state index in [1.807, 2.05) is 32.0 Å². The van der Waals surface area contributed by atoms with E-state index in [0.29, 0.717) is 30.4 Å². The number of fused-ring (bicyclic) bond motifs is 3. The molecule has 0 aliphatic heterocycles. The summed E-state index contributed by atoms with van der Waals surface area (Å²) in [5.41, 5.74) is 3.38. The molecule has 3 rings (SSSR count). The van der Waals surface area contributed by atoms with E-state index in [4.69, 9.17) is 4.74 Å². The van der Waals surface area contributed by atoms with Gasteiger partial charge in [0.1, 0.15) is 5.52 Å². The number of aromatic nitrogens is 3. The van der Waals surface area contributed by atoms with E-state index in [9.17, 15) is 9.59 Å². The Labute approximate surface area is 151 Å². The number of benzene rings is 1. The molecule has 0 spiro atoms. The van der Waals surface area contributed by atoms with Gasteiger partial charge in [-0.05, 0) is 46.2 Å². The van der Waals surface area contributed by atoms with Crippen LogP contribution in [0.4, 0.5) is 4.79 Å². The quantitative estimate of drug-likeness (QED) is 0.688. The van der Waals surface area contributed by atoms with E-state index in [1.54, 1.807) is 18.4 Å². The number of aromatic amines is 1. The van der Waals surface area contributed by atoms with Gasteiger partial charge in [-0.15, -0.1) is 0 Å². The second-order valence-electron chi connectivity index (χ2n) is 6.78. The topological polar surface area (TPSA) is 89.0 Å². The number of nitrogens with one attached hydrogen (secondary N) is 2. The van der Waals surface area contributed by atoms with E-state index >= 15 is 0 Å². The molecule has 0 saturated carbocycles. The SMILES string of the molecule is Cc1ccc2c(c1)c1n[nH]c(C)c1c(=O)n2CCCNC(=O)OC(C)C. The summed E-state index contributed by atoms with van der Waals surface area (Å²) in [7, 11) is 0.